The van der Waals surface area contributed by atoms with Crippen LogP contribution in [0, 0.1) is 6.92 Å². The first-order valence-corrected chi connectivity index (χ1v) is 4.89. The minimum absolute atomic E-state index is 0.539. The maximum Gasteiger partial charge on any atom is 0.0661 e. The molecule has 72 valence electrons. The molecule has 2 rings (SSSR count). The number of aromatic nitrogens is 2. The molecule has 0 bridgehead atoms. The molecule has 0 N–H and O–H groups in total. The molecule has 1 aromatic heterocycles. The summed E-state index contributed by atoms with van der Waals surface area (Å²) in [6, 6.07) is 5.42. The maximum absolute atomic E-state index is 5.90. The maximum atomic E-state index is 5.90. The number of benzene rings is 1. The molecule has 0 amide bonds. The van der Waals surface area contributed by atoms with Gasteiger partial charge in [-0.1, -0.05) is 23.2 Å². The van der Waals surface area contributed by atoms with Gasteiger partial charge in [0.25, 0.3) is 0 Å². The number of hydrogen-bond donors (Lipinski definition) is 0. The zero-order valence-electron chi connectivity index (χ0n) is 7.54. The second-order valence-corrected chi connectivity index (χ2v) is 3.88. The van der Waals surface area contributed by atoms with E-state index in [1.165, 1.54) is 0 Å². The lowest BCUT2D eigenvalue weighted by Gasteiger charge is -2.02. The Kier molecular flexibility index (Phi) is 2.48. The Bertz CT molecular complexity index is 463. The van der Waals surface area contributed by atoms with Gasteiger partial charge in [-0.2, -0.15) is 5.10 Å². The molecule has 4 heteroatoms. The summed E-state index contributed by atoms with van der Waals surface area (Å²) in [6.45, 7) is 1.99. The molecule has 0 atom stereocenters. The van der Waals surface area contributed by atoms with Crippen LogP contribution in [-0.4, -0.2) is 9.78 Å². The van der Waals surface area contributed by atoms with E-state index in [4.69, 9.17) is 23.2 Å². The molecule has 0 unspecified atom stereocenters. The van der Waals surface area contributed by atoms with Crippen LogP contribution < -0.4 is 0 Å². The van der Waals surface area contributed by atoms with Crippen LogP contribution in [-0.2, 0) is 0 Å². The fraction of sp³-hybridized carbons (Fsp3) is 0.100. The minimum Gasteiger partial charge on any atom is -0.241 e. The molecule has 0 aliphatic rings. The molecule has 0 aliphatic heterocycles. The number of hydrogen-bond acceptors (Lipinski definition) is 1. The van der Waals surface area contributed by atoms with Crippen molar-refractivity contribution in [2.45, 2.75) is 6.92 Å². The van der Waals surface area contributed by atoms with Crippen LogP contribution in [0.3, 0.4) is 0 Å². The van der Waals surface area contributed by atoms with Crippen molar-refractivity contribution in [1.29, 1.82) is 0 Å². The largest absolute Gasteiger partial charge is 0.241 e. The van der Waals surface area contributed by atoms with Crippen LogP contribution in [0.2, 0.25) is 10.0 Å². The summed E-state index contributed by atoms with van der Waals surface area (Å²) in [5.41, 5.74) is 2.02. The van der Waals surface area contributed by atoms with Gasteiger partial charge in [0, 0.05) is 6.20 Å². The van der Waals surface area contributed by atoms with Gasteiger partial charge in [-0.25, -0.2) is 4.68 Å². The predicted molar refractivity (Wildman–Crippen MR) is 58.3 cm³/mol. The molecular formula is C10H8Cl2N2. The molecule has 14 heavy (non-hydrogen) atoms. The zero-order valence-corrected chi connectivity index (χ0v) is 9.05. The van der Waals surface area contributed by atoms with Crippen LogP contribution >= 0.6 is 23.2 Å². The van der Waals surface area contributed by atoms with E-state index in [1.54, 1.807) is 23.0 Å². The first kappa shape index (κ1) is 9.56. The summed E-state index contributed by atoms with van der Waals surface area (Å²) in [6.07, 6.45) is 3.72. The molecule has 0 saturated heterocycles. The zero-order chi connectivity index (χ0) is 10.1. The van der Waals surface area contributed by atoms with Crippen LogP contribution in [0.15, 0.2) is 30.6 Å². The molecule has 0 aliphatic carbocycles. The molecule has 0 radical (unpaired) electrons. The van der Waals surface area contributed by atoms with Gasteiger partial charge < -0.3 is 0 Å². The van der Waals surface area contributed by atoms with Crippen LogP contribution in [0.25, 0.3) is 5.69 Å². The molecule has 2 nitrogen and oxygen atoms in total. The first-order valence-electron chi connectivity index (χ1n) is 4.13. The fourth-order valence-electron chi connectivity index (χ4n) is 1.18. The van der Waals surface area contributed by atoms with E-state index in [0.717, 1.165) is 11.3 Å². The van der Waals surface area contributed by atoms with Gasteiger partial charge in [-0.05, 0) is 30.7 Å². The highest BCUT2D eigenvalue weighted by atomic mass is 35.5. The van der Waals surface area contributed by atoms with E-state index < -0.39 is 0 Å². The van der Waals surface area contributed by atoms with Crippen molar-refractivity contribution in [1.82, 2.24) is 9.78 Å². The summed E-state index contributed by atoms with van der Waals surface area (Å²) in [5.74, 6) is 0. The second-order valence-electron chi connectivity index (χ2n) is 3.06. The lowest BCUT2D eigenvalue weighted by molar-refractivity contribution is 0.880. The lowest BCUT2D eigenvalue weighted by atomic mass is 10.3. The molecule has 0 fully saturated rings. The number of nitrogens with zero attached hydrogens (tertiary/aromatic N) is 2. The minimum atomic E-state index is 0.539. The van der Waals surface area contributed by atoms with Crippen LogP contribution in [0.5, 0.6) is 0 Å². The summed E-state index contributed by atoms with van der Waals surface area (Å²) < 4.78 is 1.76. The van der Waals surface area contributed by atoms with Crippen molar-refractivity contribution in [2.24, 2.45) is 0 Å². The van der Waals surface area contributed by atoms with E-state index in [-0.39, 0.29) is 0 Å². The molecule has 0 spiro atoms. The normalized spacial score (nSPS) is 10.5. The van der Waals surface area contributed by atoms with Gasteiger partial charge in [0.1, 0.15) is 0 Å². The summed E-state index contributed by atoms with van der Waals surface area (Å²) in [5, 5.41) is 5.27. The van der Waals surface area contributed by atoms with Gasteiger partial charge in [-0.15, -0.1) is 0 Å². The Hall–Kier alpha value is -0.990. The van der Waals surface area contributed by atoms with Gasteiger partial charge in [-0.3, -0.25) is 0 Å². The predicted octanol–water partition coefficient (Wildman–Crippen LogP) is 3.49. The van der Waals surface area contributed by atoms with Crippen molar-refractivity contribution >= 4 is 23.2 Å². The Balaban J connectivity index is 2.47. The number of aryl methyl sites for hydroxylation is 1. The Labute approximate surface area is 92.1 Å². The number of halogens is 2. The Morgan fingerprint density at radius 3 is 2.57 bits per heavy atom. The van der Waals surface area contributed by atoms with E-state index in [2.05, 4.69) is 5.10 Å². The molecule has 1 aromatic carbocycles. The molecular weight excluding hydrogens is 219 g/mol. The van der Waals surface area contributed by atoms with Crippen molar-refractivity contribution in [3.05, 3.63) is 46.2 Å². The topological polar surface area (TPSA) is 17.8 Å². The molecule has 0 saturated carbocycles. The average molecular weight is 227 g/mol. The quantitative estimate of drug-likeness (QED) is 0.729. The number of rotatable bonds is 1. The van der Waals surface area contributed by atoms with Crippen LogP contribution in [0.4, 0.5) is 0 Å². The second kappa shape index (κ2) is 3.64. The third kappa shape index (κ3) is 1.76. The lowest BCUT2D eigenvalue weighted by Crippen LogP contribution is -1.93. The molecule has 2 aromatic rings. The van der Waals surface area contributed by atoms with Crippen molar-refractivity contribution in [3.63, 3.8) is 0 Å². The smallest absolute Gasteiger partial charge is 0.0661 e. The van der Waals surface area contributed by atoms with Gasteiger partial charge in [0.05, 0.1) is 21.9 Å². The van der Waals surface area contributed by atoms with E-state index in [1.807, 2.05) is 19.2 Å². The highest BCUT2D eigenvalue weighted by Gasteiger charge is 2.01. The first-order chi connectivity index (χ1) is 6.66. The summed E-state index contributed by atoms with van der Waals surface area (Å²) >= 11 is 11.7. The van der Waals surface area contributed by atoms with Gasteiger partial charge in [0.15, 0.2) is 0 Å². The molecule has 1 heterocycles. The van der Waals surface area contributed by atoms with Crippen molar-refractivity contribution in [3.8, 4) is 5.69 Å². The highest BCUT2D eigenvalue weighted by Crippen LogP contribution is 2.24. The van der Waals surface area contributed by atoms with Crippen molar-refractivity contribution in [2.75, 3.05) is 0 Å². The monoisotopic (exact) mass is 226 g/mol. The van der Waals surface area contributed by atoms with Crippen molar-refractivity contribution < 1.29 is 0 Å². The standard InChI is InChI=1S/C10H8Cl2N2/c1-7-5-13-14(6-7)8-2-3-9(11)10(12)4-8/h2-6H,1H3. The van der Waals surface area contributed by atoms with Crippen LogP contribution in [0.1, 0.15) is 5.56 Å². The third-order valence-corrected chi connectivity index (χ3v) is 2.62. The van der Waals surface area contributed by atoms with Gasteiger partial charge >= 0.3 is 0 Å². The third-order valence-electron chi connectivity index (χ3n) is 1.88. The van der Waals surface area contributed by atoms with E-state index in [0.29, 0.717) is 10.0 Å². The van der Waals surface area contributed by atoms with Gasteiger partial charge in [0.2, 0.25) is 0 Å². The highest BCUT2D eigenvalue weighted by molar-refractivity contribution is 6.42. The summed E-state index contributed by atoms with van der Waals surface area (Å²) in [7, 11) is 0. The van der Waals surface area contributed by atoms with E-state index >= 15 is 0 Å². The average Bonchev–Trinajstić information content (AvgIpc) is 2.57. The Morgan fingerprint density at radius 2 is 2.00 bits per heavy atom. The summed E-state index contributed by atoms with van der Waals surface area (Å²) in [4.78, 5) is 0. The Morgan fingerprint density at radius 1 is 1.21 bits per heavy atom. The SMILES string of the molecule is Cc1cnn(-c2ccc(Cl)c(Cl)c2)c1. The van der Waals surface area contributed by atoms with E-state index in [9.17, 15) is 0 Å². The fourth-order valence-corrected chi connectivity index (χ4v) is 1.47.